The van der Waals surface area contributed by atoms with Crippen LogP contribution in [0.25, 0.3) is 11.3 Å². The highest BCUT2D eigenvalue weighted by molar-refractivity contribution is 5.63. The summed E-state index contributed by atoms with van der Waals surface area (Å²) in [5.74, 6) is -0.393. The number of aliphatic hydroxyl groups is 1. The second-order valence-electron chi connectivity index (χ2n) is 8.42. The van der Waals surface area contributed by atoms with Crippen molar-refractivity contribution in [1.29, 1.82) is 0 Å². The van der Waals surface area contributed by atoms with E-state index in [-0.39, 0.29) is 12.1 Å². The normalized spacial score (nSPS) is 28.0. The second-order valence-corrected chi connectivity index (χ2v) is 8.42. The maximum Gasteiger partial charge on any atom is 0.169 e. The highest BCUT2D eigenvalue weighted by Gasteiger charge is 2.41. The van der Waals surface area contributed by atoms with Crippen molar-refractivity contribution in [3.8, 4) is 11.3 Å². The van der Waals surface area contributed by atoms with Gasteiger partial charge in [0.25, 0.3) is 0 Å². The molecular weight excluding hydrogens is 400 g/mol. The summed E-state index contributed by atoms with van der Waals surface area (Å²) in [4.78, 5) is 5.45. The number of aliphatic hydroxyl groups excluding tert-OH is 1. The number of benzene rings is 1. The zero-order valence-corrected chi connectivity index (χ0v) is 17.4. The van der Waals surface area contributed by atoms with E-state index in [1.165, 1.54) is 6.42 Å². The molecule has 0 radical (unpaired) electrons. The SMILES string of the molecule is O[C@@H]1COC[C@@H]1n1cc(-c2ccc(CO/N=C/[C@H]3COC4(CCCCC4)O3)cc2)nn1. The third-order valence-corrected chi connectivity index (χ3v) is 6.15. The number of nitrogens with zero attached hydrogens (tertiary/aromatic N) is 4. The standard InChI is InChI=1S/C22H28N4O5/c27-21-15-28-14-20(21)26-11-19(24-25-26)17-6-4-16(5-7-17)12-30-23-10-18-13-29-22(31-18)8-2-1-3-9-22/h4-7,10-11,18,20-21,27H,1-3,8-9,12-15H2/b23-10+/t18-,20-,21+/m0/s1. The fraction of sp³-hybridized carbons (Fsp3) is 0.591. The molecule has 9 heteroatoms. The number of rotatable bonds is 6. The molecule has 2 aliphatic heterocycles. The van der Waals surface area contributed by atoms with Crippen molar-refractivity contribution in [2.45, 2.75) is 62.7 Å². The first-order valence-corrected chi connectivity index (χ1v) is 10.9. The lowest BCUT2D eigenvalue weighted by Gasteiger charge is -2.31. The predicted molar refractivity (Wildman–Crippen MR) is 111 cm³/mol. The van der Waals surface area contributed by atoms with Gasteiger partial charge in [-0.25, -0.2) is 4.68 Å². The molecule has 3 aliphatic rings. The lowest BCUT2D eigenvalue weighted by atomic mass is 9.94. The van der Waals surface area contributed by atoms with E-state index < -0.39 is 11.9 Å². The lowest BCUT2D eigenvalue weighted by molar-refractivity contribution is -0.181. The van der Waals surface area contributed by atoms with E-state index in [1.54, 1.807) is 10.9 Å². The summed E-state index contributed by atoms with van der Waals surface area (Å²) in [5, 5.41) is 22.4. The summed E-state index contributed by atoms with van der Waals surface area (Å²) in [6, 6.07) is 7.71. The molecule has 0 unspecified atom stereocenters. The van der Waals surface area contributed by atoms with Gasteiger partial charge in [0.05, 0.1) is 32.2 Å². The van der Waals surface area contributed by atoms with Gasteiger partial charge >= 0.3 is 0 Å². The van der Waals surface area contributed by atoms with Crippen molar-refractivity contribution < 1.29 is 24.2 Å². The van der Waals surface area contributed by atoms with E-state index in [0.29, 0.717) is 26.4 Å². The Kier molecular flexibility index (Phi) is 5.99. The minimum Gasteiger partial charge on any atom is -0.391 e. The molecule has 3 atom stereocenters. The summed E-state index contributed by atoms with van der Waals surface area (Å²) in [6.07, 6.45) is 8.33. The molecule has 1 aromatic carbocycles. The maximum atomic E-state index is 9.94. The van der Waals surface area contributed by atoms with Gasteiger partial charge < -0.3 is 24.2 Å². The minimum absolute atomic E-state index is 0.146. The molecule has 3 fully saturated rings. The summed E-state index contributed by atoms with van der Waals surface area (Å²) in [6.45, 7) is 1.68. The number of aromatic nitrogens is 3. The maximum absolute atomic E-state index is 9.94. The zero-order valence-electron chi connectivity index (χ0n) is 17.4. The van der Waals surface area contributed by atoms with Crippen LogP contribution in [0, 0.1) is 0 Å². The van der Waals surface area contributed by atoms with Gasteiger partial charge in [-0.05, 0) is 18.4 Å². The fourth-order valence-electron chi connectivity index (χ4n) is 4.35. The van der Waals surface area contributed by atoms with Crippen molar-refractivity contribution >= 4 is 6.21 Å². The van der Waals surface area contributed by atoms with Crippen LogP contribution >= 0.6 is 0 Å². The quantitative estimate of drug-likeness (QED) is 0.557. The van der Waals surface area contributed by atoms with Crippen LogP contribution in [-0.4, -0.2) is 64.1 Å². The monoisotopic (exact) mass is 428 g/mol. The molecule has 5 rings (SSSR count). The molecule has 1 spiro atoms. The summed E-state index contributed by atoms with van der Waals surface area (Å²) < 4.78 is 18.9. The Morgan fingerprint density at radius 3 is 2.77 bits per heavy atom. The smallest absolute Gasteiger partial charge is 0.169 e. The lowest BCUT2D eigenvalue weighted by Crippen LogP contribution is -2.33. The van der Waals surface area contributed by atoms with Crippen LogP contribution in [0.5, 0.6) is 0 Å². The van der Waals surface area contributed by atoms with Gasteiger partial charge in [0.2, 0.25) is 0 Å². The highest BCUT2D eigenvalue weighted by atomic mass is 16.7. The number of ether oxygens (including phenoxy) is 3. The average Bonchev–Trinajstić information content (AvgIpc) is 3.53. The molecule has 9 nitrogen and oxygen atoms in total. The van der Waals surface area contributed by atoms with Crippen LogP contribution in [-0.2, 0) is 25.7 Å². The summed E-state index contributed by atoms with van der Waals surface area (Å²) in [7, 11) is 0. The van der Waals surface area contributed by atoms with Gasteiger partial charge in [0.15, 0.2) is 5.79 Å². The van der Waals surface area contributed by atoms with Crippen molar-refractivity contribution in [1.82, 2.24) is 15.0 Å². The first-order chi connectivity index (χ1) is 15.2. The molecule has 2 saturated heterocycles. The van der Waals surface area contributed by atoms with Crippen LogP contribution in [0.15, 0.2) is 35.6 Å². The van der Waals surface area contributed by atoms with E-state index in [0.717, 1.165) is 42.5 Å². The first-order valence-electron chi connectivity index (χ1n) is 10.9. The van der Waals surface area contributed by atoms with Crippen LogP contribution in [0.3, 0.4) is 0 Å². The zero-order chi connectivity index (χ0) is 21.1. The Hall–Kier alpha value is -2.33. The second kappa shape index (κ2) is 9.04. The Morgan fingerprint density at radius 1 is 1.16 bits per heavy atom. The Morgan fingerprint density at radius 2 is 2.00 bits per heavy atom. The Balaban J connectivity index is 1.11. The van der Waals surface area contributed by atoms with E-state index in [9.17, 15) is 5.11 Å². The van der Waals surface area contributed by atoms with Gasteiger partial charge in [-0.2, -0.15) is 0 Å². The Labute approximate surface area is 180 Å². The molecular formula is C22H28N4O5. The van der Waals surface area contributed by atoms with E-state index in [2.05, 4.69) is 15.5 Å². The average molecular weight is 428 g/mol. The van der Waals surface area contributed by atoms with Crippen molar-refractivity contribution in [2.75, 3.05) is 19.8 Å². The molecule has 1 N–H and O–H groups in total. The molecule has 1 saturated carbocycles. The first kappa shape index (κ1) is 20.6. The van der Waals surface area contributed by atoms with E-state index >= 15 is 0 Å². The van der Waals surface area contributed by atoms with E-state index in [1.807, 2.05) is 30.5 Å². The van der Waals surface area contributed by atoms with Crippen molar-refractivity contribution in [3.63, 3.8) is 0 Å². The van der Waals surface area contributed by atoms with Crippen molar-refractivity contribution in [3.05, 3.63) is 36.0 Å². The highest BCUT2D eigenvalue weighted by Crippen LogP contribution is 2.37. The molecule has 2 aromatic rings. The fourth-order valence-corrected chi connectivity index (χ4v) is 4.35. The van der Waals surface area contributed by atoms with Crippen molar-refractivity contribution in [2.24, 2.45) is 5.16 Å². The topological polar surface area (TPSA) is 100 Å². The summed E-state index contributed by atoms with van der Waals surface area (Å²) in [5.41, 5.74) is 2.70. The van der Waals surface area contributed by atoms with E-state index in [4.69, 9.17) is 19.0 Å². The third-order valence-electron chi connectivity index (χ3n) is 6.15. The minimum atomic E-state index is -0.552. The largest absolute Gasteiger partial charge is 0.391 e. The number of oxime groups is 1. The predicted octanol–water partition coefficient (Wildman–Crippen LogP) is 2.46. The molecule has 1 aliphatic carbocycles. The molecule has 1 aromatic heterocycles. The van der Waals surface area contributed by atoms with Crippen LogP contribution in [0.4, 0.5) is 0 Å². The van der Waals surface area contributed by atoms with Gasteiger partial charge in [-0.15, -0.1) is 5.10 Å². The number of hydrogen-bond acceptors (Lipinski definition) is 8. The molecule has 31 heavy (non-hydrogen) atoms. The van der Waals surface area contributed by atoms with Gasteiger partial charge in [-0.3, -0.25) is 0 Å². The molecule has 0 amide bonds. The Bertz CT molecular complexity index is 894. The van der Waals surface area contributed by atoms with Gasteiger partial charge in [0.1, 0.15) is 30.6 Å². The van der Waals surface area contributed by atoms with Gasteiger partial charge in [0, 0.05) is 18.4 Å². The summed E-state index contributed by atoms with van der Waals surface area (Å²) >= 11 is 0. The molecule has 3 heterocycles. The number of hydrogen-bond donors (Lipinski definition) is 1. The van der Waals surface area contributed by atoms with Crippen LogP contribution < -0.4 is 0 Å². The van der Waals surface area contributed by atoms with Crippen LogP contribution in [0.1, 0.15) is 43.7 Å². The molecule has 0 bridgehead atoms. The molecule has 166 valence electrons. The van der Waals surface area contributed by atoms with Crippen LogP contribution in [0.2, 0.25) is 0 Å². The third kappa shape index (κ3) is 4.64. The van der Waals surface area contributed by atoms with Gasteiger partial charge in [-0.1, -0.05) is 41.1 Å².